The van der Waals surface area contributed by atoms with E-state index in [9.17, 15) is 14.0 Å². The lowest BCUT2D eigenvalue weighted by atomic mass is 10.2. The molecule has 6 rings (SSSR count). The van der Waals surface area contributed by atoms with E-state index in [2.05, 4.69) is 42.3 Å². The molecule has 46 heavy (non-hydrogen) atoms. The summed E-state index contributed by atoms with van der Waals surface area (Å²) in [6, 6.07) is 21.4. The van der Waals surface area contributed by atoms with Crippen LogP contribution in [-0.4, -0.2) is 35.0 Å². The highest BCUT2D eigenvalue weighted by molar-refractivity contribution is 9.10. The number of benzene rings is 4. The third-order valence-electron chi connectivity index (χ3n) is 6.68. The van der Waals surface area contributed by atoms with Gasteiger partial charge in [0.15, 0.2) is 23.9 Å². The maximum atomic E-state index is 13.7. The summed E-state index contributed by atoms with van der Waals surface area (Å²) in [7, 11) is 0. The quantitative estimate of drug-likeness (QED) is 0.148. The first kappa shape index (κ1) is 31.5. The SMILES string of the molecule is CCOc1cc(C=Nn2c(-c3cc4cc(Br)ccc4o3)nc3ccccc3c2=O)c(Br)c(Cl)c1OCC(=O)Nc1cccc(F)c1. The molecule has 0 unspecified atom stereocenters. The van der Waals surface area contributed by atoms with E-state index in [1.54, 1.807) is 49.4 Å². The van der Waals surface area contributed by atoms with Crippen molar-refractivity contribution in [2.45, 2.75) is 6.92 Å². The van der Waals surface area contributed by atoms with Gasteiger partial charge in [-0.1, -0.05) is 45.7 Å². The molecule has 13 heteroatoms. The zero-order valence-corrected chi connectivity index (χ0v) is 27.8. The molecular formula is C33H22Br2ClFN4O5. The maximum absolute atomic E-state index is 13.7. The van der Waals surface area contributed by atoms with Gasteiger partial charge in [-0.3, -0.25) is 9.59 Å². The zero-order chi connectivity index (χ0) is 32.4. The van der Waals surface area contributed by atoms with Crippen LogP contribution < -0.4 is 20.3 Å². The molecule has 0 bridgehead atoms. The van der Waals surface area contributed by atoms with Crippen molar-refractivity contribution in [3.05, 3.63) is 115 Å². The molecule has 2 heterocycles. The number of nitrogens with zero attached hydrogens (tertiary/aromatic N) is 3. The van der Waals surface area contributed by atoms with Crippen molar-refractivity contribution in [2.75, 3.05) is 18.5 Å². The number of ether oxygens (including phenoxy) is 2. The predicted octanol–water partition coefficient (Wildman–Crippen LogP) is 8.43. The van der Waals surface area contributed by atoms with Crippen molar-refractivity contribution in [3.8, 4) is 23.1 Å². The second-order valence-electron chi connectivity index (χ2n) is 9.81. The van der Waals surface area contributed by atoms with Gasteiger partial charge in [-0.2, -0.15) is 9.78 Å². The van der Waals surface area contributed by atoms with Crippen LogP contribution in [0.3, 0.4) is 0 Å². The van der Waals surface area contributed by atoms with Crippen LogP contribution in [0.15, 0.2) is 102 Å². The lowest BCUT2D eigenvalue weighted by Crippen LogP contribution is -2.21. The van der Waals surface area contributed by atoms with Crippen LogP contribution in [-0.2, 0) is 4.79 Å². The molecule has 9 nitrogen and oxygen atoms in total. The lowest BCUT2D eigenvalue weighted by Gasteiger charge is -2.16. The number of anilines is 1. The van der Waals surface area contributed by atoms with Crippen LogP contribution in [0.2, 0.25) is 5.02 Å². The number of carbonyl (C=O) groups is 1. The van der Waals surface area contributed by atoms with Crippen LogP contribution in [0.5, 0.6) is 11.5 Å². The monoisotopic (exact) mass is 766 g/mol. The molecule has 6 aromatic rings. The molecule has 1 amide bonds. The number of hydrogen-bond donors (Lipinski definition) is 1. The Hall–Kier alpha value is -4.52. The number of furan rings is 1. The first-order valence-electron chi connectivity index (χ1n) is 13.8. The Balaban J connectivity index is 1.36. The Labute approximate surface area is 282 Å². The molecule has 1 N–H and O–H groups in total. The van der Waals surface area contributed by atoms with Gasteiger partial charge in [-0.15, -0.1) is 0 Å². The minimum atomic E-state index is -0.528. The van der Waals surface area contributed by atoms with Gasteiger partial charge in [0, 0.05) is 25.6 Å². The molecule has 0 aliphatic heterocycles. The third kappa shape index (κ3) is 6.55. The first-order chi connectivity index (χ1) is 22.2. The van der Waals surface area contributed by atoms with Crippen molar-refractivity contribution in [3.63, 3.8) is 0 Å². The van der Waals surface area contributed by atoms with Gasteiger partial charge in [-0.25, -0.2) is 9.37 Å². The second kappa shape index (κ2) is 13.5. The molecule has 2 aromatic heterocycles. The van der Waals surface area contributed by atoms with Crippen molar-refractivity contribution < 1.29 is 23.1 Å². The van der Waals surface area contributed by atoms with Crippen molar-refractivity contribution in [2.24, 2.45) is 5.10 Å². The molecule has 0 aliphatic rings. The summed E-state index contributed by atoms with van der Waals surface area (Å²) in [6.45, 7) is 1.62. The summed E-state index contributed by atoms with van der Waals surface area (Å²) < 4.78 is 33.5. The molecule has 0 radical (unpaired) electrons. The fraction of sp³-hybridized carbons (Fsp3) is 0.0909. The normalized spacial score (nSPS) is 11.4. The molecule has 0 spiro atoms. The number of nitrogens with one attached hydrogen (secondary N) is 1. The van der Waals surface area contributed by atoms with Crippen molar-refractivity contribution in [1.82, 2.24) is 9.66 Å². The highest BCUT2D eigenvalue weighted by Gasteiger charge is 2.20. The largest absolute Gasteiger partial charge is 0.490 e. The highest BCUT2D eigenvalue weighted by atomic mass is 79.9. The number of rotatable bonds is 9. The number of para-hydroxylation sites is 1. The van der Waals surface area contributed by atoms with Crippen molar-refractivity contribution in [1.29, 1.82) is 0 Å². The van der Waals surface area contributed by atoms with E-state index in [1.165, 1.54) is 24.4 Å². The minimum Gasteiger partial charge on any atom is -0.490 e. The van der Waals surface area contributed by atoms with Gasteiger partial charge in [0.2, 0.25) is 5.82 Å². The third-order valence-corrected chi connectivity index (χ3v) is 8.61. The summed E-state index contributed by atoms with van der Waals surface area (Å²) in [5, 5.41) is 8.38. The average Bonchev–Trinajstić information content (AvgIpc) is 3.46. The fourth-order valence-electron chi connectivity index (χ4n) is 4.63. The van der Waals surface area contributed by atoms with Gasteiger partial charge in [0.05, 0.1) is 23.7 Å². The van der Waals surface area contributed by atoms with Crippen LogP contribution in [0.25, 0.3) is 33.5 Å². The van der Waals surface area contributed by atoms with Gasteiger partial charge in [-0.05, 0) is 83.5 Å². The summed E-state index contributed by atoms with van der Waals surface area (Å²) >= 11 is 13.6. The molecule has 232 valence electrons. The topological polar surface area (TPSA) is 108 Å². The summed E-state index contributed by atoms with van der Waals surface area (Å²) in [4.78, 5) is 30.9. The van der Waals surface area contributed by atoms with E-state index >= 15 is 0 Å². The average molecular weight is 769 g/mol. The Morgan fingerprint density at radius 2 is 1.91 bits per heavy atom. The van der Waals surface area contributed by atoms with Crippen LogP contribution in [0, 0.1) is 5.82 Å². The van der Waals surface area contributed by atoms with Gasteiger partial charge < -0.3 is 19.2 Å². The number of amides is 1. The Bertz CT molecular complexity index is 2220. The Kier molecular flexibility index (Phi) is 9.20. The van der Waals surface area contributed by atoms with Crippen molar-refractivity contribution >= 4 is 83.1 Å². The van der Waals surface area contributed by atoms with Crippen LogP contribution >= 0.6 is 43.5 Å². The number of halogens is 4. The van der Waals surface area contributed by atoms with Gasteiger partial charge in [0.1, 0.15) is 16.4 Å². The number of hydrogen-bond acceptors (Lipinski definition) is 7. The second-order valence-corrected chi connectivity index (χ2v) is 11.9. The maximum Gasteiger partial charge on any atom is 0.282 e. The zero-order valence-electron chi connectivity index (χ0n) is 23.9. The fourth-order valence-corrected chi connectivity index (χ4v) is 5.66. The van der Waals surface area contributed by atoms with E-state index in [0.29, 0.717) is 32.3 Å². The van der Waals surface area contributed by atoms with E-state index in [1.807, 2.05) is 18.2 Å². The number of fused-ring (bicyclic) bond motifs is 2. The summed E-state index contributed by atoms with van der Waals surface area (Å²) in [5.41, 5.74) is 1.43. The molecule has 0 aliphatic carbocycles. The van der Waals surface area contributed by atoms with E-state index in [4.69, 9.17) is 30.5 Å². The number of aromatic nitrogens is 2. The molecule has 0 fully saturated rings. The van der Waals surface area contributed by atoms with Gasteiger partial charge in [0.25, 0.3) is 11.5 Å². The molecule has 0 saturated carbocycles. The first-order valence-corrected chi connectivity index (χ1v) is 15.8. The molecular weight excluding hydrogens is 747 g/mol. The van der Waals surface area contributed by atoms with E-state index in [0.717, 1.165) is 14.5 Å². The summed E-state index contributed by atoms with van der Waals surface area (Å²) in [5.74, 6) is -0.117. The van der Waals surface area contributed by atoms with E-state index in [-0.39, 0.29) is 34.6 Å². The standard InChI is InChI=1S/C33H22Br2ClFN4O5/c1-2-44-26-14-19(29(35)30(36)31(26)45-17-28(42)39-22-7-5-6-21(37)15-22)16-38-41-32(40-24-9-4-3-8-23(24)33(41)43)27-13-18-12-20(34)10-11-25(18)46-27/h3-16H,2,17H2,1H3,(H,39,42). The number of carbonyl (C=O) groups excluding carboxylic acids is 1. The predicted molar refractivity (Wildman–Crippen MR) is 183 cm³/mol. The van der Waals surface area contributed by atoms with E-state index < -0.39 is 23.9 Å². The molecule has 0 atom stereocenters. The Morgan fingerprint density at radius 1 is 1.09 bits per heavy atom. The lowest BCUT2D eigenvalue weighted by molar-refractivity contribution is -0.118. The van der Waals surface area contributed by atoms with Crippen LogP contribution in [0.1, 0.15) is 12.5 Å². The molecule has 0 saturated heterocycles. The summed E-state index contributed by atoms with van der Waals surface area (Å²) in [6.07, 6.45) is 1.43. The van der Waals surface area contributed by atoms with Crippen LogP contribution in [0.4, 0.5) is 10.1 Å². The smallest absolute Gasteiger partial charge is 0.282 e. The highest BCUT2D eigenvalue weighted by Crippen LogP contribution is 2.42. The van der Waals surface area contributed by atoms with Gasteiger partial charge >= 0.3 is 0 Å². The Morgan fingerprint density at radius 3 is 2.72 bits per heavy atom. The molecule has 4 aromatic carbocycles. The minimum absolute atomic E-state index is 0.109.